The van der Waals surface area contributed by atoms with Gasteiger partial charge in [0.1, 0.15) is 0 Å². The molecule has 1 N–H and O–H groups in total. The third kappa shape index (κ3) is 2.88. The van der Waals surface area contributed by atoms with Crippen molar-refractivity contribution >= 4 is 11.8 Å². The van der Waals surface area contributed by atoms with Crippen LogP contribution in [-0.4, -0.2) is 35.8 Å². The van der Waals surface area contributed by atoms with E-state index < -0.39 is 0 Å². The normalized spacial score (nSPS) is 32.7. The molecule has 0 aromatic heterocycles. The highest BCUT2D eigenvalue weighted by Gasteiger charge is 2.33. The quantitative estimate of drug-likeness (QED) is 0.896. The minimum Gasteiger partial charge on any atom is -0.307 e. The topological polar surface area (TPSA) is 15.3 Å². The summed E-state index contributed by atoms with van der Waals surface area (Å²) in [5.41, 5.74) is 2.95. The van der Waals surface area contributed by atoms with Crippen molar-refractivity contribution in [3.8, 4) is 0 Å². The van der Waals surface area contributed by atoms with Gasteiger partial charge in [0.15, 0.2) is 0 Å². The van der Waals surface area contributed by atoms with Gasteiger partial charge in [-0.05, 0) is 69.5 Å². The molecule has 0 unspecified atom stereocenters. The van der Waals surface area contributed by atoms with Crippen LogP contribution in [0.15, 0.2) is 23.1 Å². The molecule has 1 aromatic carbocycles. The Morgan fingerprint density at radius 2 is 2.14 bits per heavy atom. The van der Waals surface area contributed by atoms with E-state index >= 15 is 0 Å². The summed E-state index contributed by atoms with van der Waals surface area (Å²) >= 11 is 2.03. The molecule has 3 aliphatic heterocycles. The fourth-order valence-corrected chi connectivity index (χ4v) is 5.45. The molecule has 21 heavy (non-hydrogen) atoms. The van der Waals surface area contributed by atoms with Crippen molar-refractivity contribution in [3.05, 3.63) is 29.3 Å². The number of nitrogens with zero attached hydrogens (tertiary/aromatic N) is 1. The molecular weight excluding hydrogens is 276 g/mol. The maximum absolute atomic E-state index is 4.01. The molecule has 0 bridgehead atoms. The highest BCUT2D eigenvalue weighted by atomic mass is 32.2. The molecule has 1 aromatic rings. The Labute approximate surface area is 132 Å². The number of hydrogen-bond donors (Lipinski definition) is 1. The van der Waals surface area contributed by atoms with Gasteiger partial charge < -0.3 is 10.2 Å². The molecule has 0 amide bonds. The molecule has 2 fully saturated rings. The van der Waals surface area contributed by atoms with Gasteiger partial charge in [0.2, 0.25) is 0 Å². The minimum atomic E-state index is 0.583. The van der Waals surface area contributed by atoms with Gasteiger partial charge >= 0.3 is 0 Å². The fraction of sp³-hybridized carbons (Fsp3) is 0.667. The first-order valence-corrected chi connectivity index (χ1v) is 9.51. The molecule has 2 saturated heterocycles. The van der Waals surface area contributed by atoms with Crippen molar-refractivity contribution in [1.29, 1.82) is 0 Å². The summed E-state index contributed by atoms with van der Waals surface area (Å²) < 4.78 is 0. The van der Waals surface area contributed by atoms with Crippen LogP contribution in [0.4, 0.5) is 0 Å². The highest BCUT2D eigenvalue weighted by molar-refractivity contribution is 7.99. The monoisotopic (exact) mass is 302 g/mol. The SMILES string of the molecule is Cc1ccc2c(c1)[C@H](N[C@@H]1CCN3CCC[C@@H]3C1)CCS2. The van der Waals surface area contributed by atoms with Gasteiger partial charge in [-0.2, -0.15) is 0 Å². The van der Waals surface area contributed by atoms with Crippen molar-refractivity contribution in [2.45, 2.75) is 62.0 Å². The molecule has 0 radical (unpaired) electrons. The maximum atomic E-state index is 4.01. The van der Waals surface area contributed by atoms with Crippen molar-refractivity contribution in [2.75, 3.05) is 18.8 Å². The van der Waals surface area contributed by atoms with Crippen molar-refractivity contribution in [1.82, 2.24) is 10.2 Å². The smallest absolute Gasteiger partial charge is 0.0341 e. The second-order valence-corrected chi connectivity index (χ2v) is 8.09. The average Bonchev–Trinajstić information content (AvgIpc) is 2.95. The van der Waals surface area contributed by atoms with Crippen LogP contribution in [0.2, 0.25) is 0 Å². The minimum absolute atomic E-state index is 0.583. The van der Waals surface area contributed by atoms with E-state index in [0.717, 1.165) is 12.1 Å². The van der Waals surface area contributed by atoms with E-state index in [1.807, 2.05) is 11.8 Å². The zero-order chi connectivity index (χ0) is 14.2. The van der Waals surface area contributed by atoms with E-state index in [9.17, 15) is 0 Å². The summed E-state index contributed by atoms with van der Waals surface area (Å²) in [5.74, 6) is 1.26. The first kappa shape index (κ1) is 14.1. The van der Waals surface area contributed by atoms with Crippen molar-refractivity contribution in [2.24, 2.45) is 0 Å². The van der Waals surface area contributed by atoms with E-state index in [-0.39, 0.29) is 0 Å². The molecule has 2 nitrogen and oxygen atoms in total. The summed E-state index contributed by atoms with van der Waals surface area (Å²) in [4.78, 5) is 4.22. The lowest BCUT2D eigenvalue weighted by Crippen LogP contribution is -2.46. The Morgan fingerprint density at radius 3 is 3.10 bits per heavy atom. The lowest BCUT2D eigenvalue weighted by Gasteiger charge is -2.38. The number of rotatable bonds is 2. The molecule has 3 atom stereocenters. The van der Waals surface area contributed by atoms with Crippen LogP contribution in [0.5, 0.6) is 0 Å². The van der Waals surface area contributed by atoms with Crippen LogP contribution >= 0.6 is 11.8 Å². The van der Waals surface area contributed by atoms with Gasteiger partial charge in [0.25, 0.3) is 0 Å². The second kappa shape index (κ2) is 5.94. The van der Waals surface area contributed by atoms with Gasteiger partial charge in [0.05, 0.1) is 0 Å². The summed E-state index contributed by atoms with van der Waals surface area (Å²) in [6.07, 6.45) is 6.83. The molecular formula is C18H26N2S. The summed E-state index contributed by atoms with van der Waals surface area (Å²) in [5, 5.41) is 4.01. The Balaban J connectivity index is 1.47. The zero-order valence-electron chi connectivity index (χ0n) is 13.0. The number of thioether (sulfide) groups is 1. The van der Waals surface area contributed by atoms with E-state index in [0.29, 0.717) is 6.04 Å². The number of nitrogens with one attached hydrogen (secondary N) is 1. The third-order valence-corrected chi connectivity index (χ3v) is 6.58. The fourth-order valence-electron chi connectivity index (χ4n) is 4.35. The van der Waals surface area contributed by atoms with E-state index in [1.54, 1.807) is 5.56 Å². The number of hydrogen-bond acceptors (Lipinski definition) is 3. The summed E-state index contributed by atoms with van der Waals surface area (Å²) in [6.45, 7) is 4.87. The molecule has 114 valence electrons. The second-order valence-electron chi connectivity index (χ2n) is 6.95. The van der Waals surface area contributed by atoms with Gasteiger partial charge in [-0.3, -0.25) is 0 Å². The predicted molar refractivity (Wildman–Crippen MR) is 90.0 cm³/mol. The highest BCUT2D eigenvalue weighted by Crippen LogP contribution is 2.38. The molecule has 0 saturated carbocycles. The largest absolute Gasteiger partial charge is 0.307 e. The van der Waals surface area contributed by atoms with Crippen LogP contribution < -0.4 is 5.32 Å². The number of piperidine rings is 1. The lowest BCUT2D eigenvalue weighted by molar-refractivity contribution is 0.160. The first-order valence-electron chi connectivity index (χ1n) is 8.53. The average molecular weight is 302 g/mol. The molecule has 0 spiro atoms. The Morgan fingerprint density at radius 1 is 1.19 bits per heavy atom. The maximum Gasteiger partial charge on any atom is 0.0341 e. The van der Waals surface area contributed by atoms with Crippen LogP contribution in [0.3, 0.4) is 0 Å². The van der Waals surface area contributed by atoms with Crippen molar-refractivity contribution < 1.29 is 0 Å². The van der Waals surface area contributed by atoms with Gasteiger partial charge in [-0.15, -0.1) is 11.8 Å². The Kier molecular flexibility index (Phi) is 3.99. The van der Waals surface area contributed by atoms with Crippen LogP contribution in [0, 0.1) is 6.92 Å². The number of aryl methyl sites for hydroxylation is 1. The predicted octanol–water partition coefficient (Wildman–Crippen LogP) is 3.75. The summed E-state index contributed by atoms with van der Waals surface area (Å²) in [7, 11) is 0. The van der Waals surface area contributed by atoms with E-state index in [1.165, 1.54) is 61.4 Å². The van der Waals surface area contributed by atoms with Crippen molar-refractivity contribution in [3.63, 3.8) is 0 Å². The third-order valence-electron chi connectivity index (χ3n) is 5.46. The Bertz CT molecular complexity index is 516. The molecule has 3 heterocycles. The van der Waals surface area contributed by atoms with Gasteiger partial charge in [0, 0.05) is 23.0 Å². The zero-order valence-corrected chi connectivity index (χ0v) is 13.8. The van der Waals surface area contributed by atoms with Crippen LogP contribution in [0.25, 0.3) is 0 Å². The van der Waals surface area contributed by atoms with Crippen LogP contribution in [-0.2, 0) is 0 Å². The molecule has 3 heteroatoms. The van der Waals surface area contributed by atoms with Gasteiger partial charge in [-0.25, -0.2) is 0 Å². The standard InChI is InChI=1S/C18H26N2S/c1-13-4-5-18-16(11-13)17(7-10-21-18)19-14-6-9-20-8-2-3-15(20)12-14/h4-5,11,14-15,17,19H,2-3,6-10,12H2,1H3/t14-,15-,17-/m1/s1. The van der Waals surface area contributed by atoms with E-state index in [4.69, 9.17) is 0 Å². The summed E-state index contributed by atoms with van der Waals surface area (Å²) in [6, 6.07) is 9.16. The molecule has 0 aliphatic carbocycles. The number of benzene rings is 1. The van der Waals surface area contributed by atoms with Gasteiger partial charge in [-0.1, -0.05) is 17.7 Å². The van der Waals surface area contributed by atoms with Crippen LogP contribution in [0.1, 0.15) is 49.3 Å². The van der Waals surface area contributed by atoms with E-state index in [2.05, 4.69) is 35.3 Å². The first-order chi connectivity index (χ1) is 10.3. The molecule has 3 aliphatic rings. The molecule has 4 rings (SSSR count). The number of fused-ring (bicyclic) bond motifs is 2. The Hall–Kier alpha value is -0.510. The lowest BCUT2D eigenvalue weighted by atomic mass is 9.94.